The van der Waals surface area contributed by atoms with Crippen molar-refractivity contribution in [1.29, 1.82) is 0 Å². The van der Waals surface area contributed by atoms with Crippen LogP contribution in [0.4, 0.5) is 0 Å². The van der Waals surface area contributed by atoms with E-state index in [0.717, 1.165) is 0 Å². The maximum atomic E-state index is 11.7. The number of hydrogen-bond acceptors (Lipinski definition) is 7. The lowest BCUT2D eigenvalue weighted by atomic mass is 10.8. The molecule has 17 heavy (non-hydrogen) atoms. The summed E-state index contributed by atoms with van der Waals surface area (Å²) in [6.07, 6.45) is 4.83. The molecule has 0 fully saturated rings. The molecule has 0 saturated heterocycles. The summed E-state index contributed by atoms with van der Waals surface area (Å²) in [5.74, 6) is 1.03. The first-order valence-corrected chi connectivity index (χ1v) is 7.77. The van der Waals surface area contributed by atoms with Crippen LogP contribution in [0.15, 0.2) is 0 Å². The van der Waals surface area contributed by atoms with Crippen molar-refractivity contribution in [2.75, 3.05) is 25.8 Å². The molecular formula is C8H15O7PS. The minimum Gasteiger partial charge on any atom is -0.287 e. The zero-order chi connectivity index (χ0) is 13.4. The molecule has 7 nitrogen and oxygen atoms in total. The Kier molecular flexibility index (Phi) is 7.63. The second-order valence-electron chi connectivity index (χ2n) is 2.55. The van der Waals surface area contributed by atoms with Crippen molar-refractivity contribution >= 4 is 17.9 Å². The van der Waals surface area contributed by atoms with E-state index in [4.69, 9.17) is 15.5 Å². The second-order valence-corrected chi connectivity index (χ2v) is 5.81. The molecule has 0 aliphatic rings. The van der Waals surface area contributed by atoms with Crippen LogP contribution in [0.3, 0.4) is 0 Å². The van der Waals surface area contributed by atoms with Gasteiger partial charge < -0.3 is 0 Å². The van der Waals surface area contributed by atoms with Crippen molar-refractivity contribution in [2.45, 2.75) is 13.8 Å². The predicted molar refractivity (Wildman–Crippen MR) is 60.5 cm³/mol. The van der Waals surface area contributed by atoms with Crippen molar-refractivity contribution in [3.63, 3.8) is 0 Å². The Morgan fingerprint density at radius 3 is 2.12 bits per heavy atom. The summed E-state index contributed by atoms with van der Waals surface area (Å²) in [4.78, 5) is 0. The summed E-state index contributed by atoms with van der Waals surface area (Å²) < 4.78 is 52.4. The molecule has 0 bridgehead atoms. The first-order valence-electron chi connectivity index (χ1n) is 4.73. The number of terminal acetylenes is 1. The third-order valence-corrected chi connectivity index (χ3v) is 3.90. The van der Waals surface area contributed by atoms with Gasteiger partial charge >= 0.3 is 7.82 Å². The van der Waals surface area contributed by atoms with Gasteiger partial charge in [-0.05, 0) is 13.8 Å². The number of phosphoric ester groups is 1. The Morgan fingerprint density at radius 2 is 1.71 bits per heavy atom. The van der Waals surface area contributed by atoms with Gasteiger partial charge in [0.15, 0.2) is 5.94 Å². The predicted octanol–water partition coefficient (Wildman–Crippen LogP) is 1.12. The van der Waals surface area contributed by atoms with Gasteiger partial charge in [-0.1, -0.05) is 5.92 Å². The lowest BCUT2D eigenvalue weighted by Crippen LogP contribution is -2.14. The fraction of sp³-hybridized carbons (Fsp3) is 0.750. The van der Waals surface area contributed by atoms with Gasteiger partial charge in [0, 0.05) is 0 Å². The van der Waals surface area contributed by atoms with Crippen molar-refractivity contribution in [3.8, 4) is 12.3 Å². The molecule has 0 unspecified atom stereocenters. The minimum absolute atomic E-state index is 0.0581. The first kappa shape index (κ1) is 16.6. The van der Waals surface area contributed by atoms with Crippen LogP contribution < -0.4 is 0 Å². The molecule has 0 rings (SSSR count). The summed E-state index contributed by atoms with van der Waals surface area (Å²) in [6, 6.07) is 0. The molecule has 0 aliphatic heterocycles. The maximum Gasteiger partial charge on any atom is 0.475 e. The van der Waals surface area contributed by atoms with Crippen LogP contribution in [0.25, 0.3) is 0 Å². The van der Waals surface area contributed by atoms with Gasteiger partial charge in [0.1, 0.15) is 6.61 Å². The highest BCUT2D eigenvalue weighted by Gasteiger charge is 2.28. The molecule has 0 atom stereocenters. The summed E-state index contributed by atoms with van der Waals surface area (Å²) in [5.41, 5.74) is 0. The van der Waals surface area contributed by atoms with E-state index in [9.17, 15) is 13.0 Å². The lowest BCUT2D eigenvalue weighted by molar-refractivity contribution is 0.132. The quantitative estimate of drug-likeness (QED) is 0.356. The molecule has 0 amide bonds. The van der Waals surface area contributed by atoms with Crippen molar-refractivity contribution in [2.24, 2.45) is 0 Å². The average Bonchev–Trinajstić information content (AvgIpc) is 2.25. The third-order valence-electron chi connectivity index (χ3n) is 1.25. The van der Waals surface area contributed by atoms with Gasteiger partial charge in [0.05, 0.1) is 13.2 Å². The van der Waals surface area contributed by atoms with E-state index in [1.54, 1.807) is 13.8 Å². The Labute approximate surface area is 101 Å². The van der Waals surface area contributed by atoms with Gasteiger partial charge in [-0.2, -0.15) is 8.42 Å². The highest BCUT2D eigenvalue weighted by molar-refractivity contribution is 7.86. The lowest BCUT2D eigenvalue weighted by Gasteiger charge is -2.15. The van der Waals surface area contributed by atoms with Gasteiger partial charge in [0.25, 0.3) is 10.1 Å². The summed E-state index contributed by atoms with van der Waals surface area (Å²) in [5, 5.41) is 0. The van der Waals surface area contributed by atoms with Crippen LogP contribution in [0.1, 0.15) is 13.8 Å². The smallest absolute Gasteiger partial charge is 0.287 e. The molecule has 0 spiro atoms. The van der Waals surface area contributed by atoms with Crippen LogP contribution in [0, 0.1) is 12.3 Å². The molecule has 0 aromatic rings. The van der Waals surface area contributed by atoms with Crippen molar-refractivity contribution < 1.29 is 30.7 Å². The highest BCUT2D eigenvalue weighted by atomic mass is 32.2. The van der Waals surface area contributed by atoms with Gasteiger partial charge in [0.2, 0.25) is 0 Å². The molecule has 0 aliphatic carbocycles. The van der Waals surface area contributed by atoms with E-state index >= 15 is 0 Å². The Hall–Kier alpha value is -0.420. The number of phosphoric acid groups is 1. The Balaban J connectivity index is 4.41. The standard InChI is InChI=1S/C8H15O7PS/c1-4-7-15-17(10,11)8-14-16(9,12-5-2)13-6-3/h1H,5-8H2,2-3H3. The van der Waals surface area contributed by atoms with E-state index in [1.165, 1.54) is 0 Å². The van der Waals surface area contributed by atoms with E-state index < -0.39 is 30.5 Å². The summed E-state index contributed by atoms with van der Waals surface area (Å²) in [6.45, 7) is 2.83. The van der Waals surface area contributed by atoms with E-state index in [-0.39, 0.29) is 13.2 Å². The van der Waals surface area contributed by atoms with E-state index in [2.05, 4.69) is 8.71 Å². The van der Waals surface area contributed by atoms with Crippen molar-refractivity contribution in [3.05, 3.63) is 0 Å². The largest absolute Gasteiger partial charge is 0.475 e. The van der Waals surface area contributed by atoms with E-state index in [1.807, 2.05) is 5.92 Å². The average molecular weight is 286 g/mol. The molecule has 0 aromatic carbocycles. The molecular weight excluding hydrogens is 271 g/mol. The molecule has 100 valence electrons. The van der Waals surface area contributed by atoms with Gasteiger partial charge in [-0.25, -0.2) is 4.57 Å². The fourth-order valence-electron chi connectivity index (χ4n) is 0.715. The van der Waals surface area contributed by atoms with Crippen LogP contribution >= 0.6 is 7.82 Å². The SMILES string of the molecule is C#CCOS(=O)(=O)COP(=O)(OCC)OCC. The molecule has 0 aromatic heterocycles. The summed E-state index contributed by atoms with van der Waals surface area (Å²) >= 11 is 0. The second kappa shape index (κ2) is 7.82. The molecule has 0 saturated carbocycles. The highest BCUT2D eigenvalue weighted by Crippen LogP contribution is 2.49. The maximum absolute atomic E-state index is 11.7. The molecule has 9 heteroatoms. The summed E-state index contributed by atoms with van der Waals surface area (Å²) in [7, 11) is -7.87. The Bertz CT molecular complexity index is 387. The number of hydrogen-bond donors (Lipinski definition) is 0. The van der Waals surface area contributed by atoms with E-state index in [0.29, 0.717) is 0 Å². The molecule has 0 N–H and O–H groups in total. The molecule has 0 radical (unpaired) electrons. The van der Waals surface area contributed by atoms with Crippen LogP contribution in [0.5, 0.6) is 0 Å². The zero-order valence-corrected chi connectivity index (χ0v) is 11.3. The van der Waals surface area contributed by atoms with Crippen molar-refractivity contribution in [1.82, 2.24) is 0 Å². The monoisotopic (exact) mass is 286 g/mol. The zero-order valence-electron chi connectivity index (χ0n) is 9.62. The molecule has 0 heterocycles. The van der Waals surface area contributed by atoms with Gasteiger partial charge in [-0.3, -0.25) is 17.8 Å². The van der Waals surface area contributed by atoms with Gasteiger partial charge in [-0.15, -0.1) is 6.42 Å². The Morgan fingerprint density at radius 1 is 1.18 bits per heavy atom. The fourth-order valence-corrected chi connectivity index (χ4v) is 2.92. The van der Waals surface area contributed by atoms with Crippen LogP contribution in [-0.4, -0.2) is 34.2 Å². The number of rotatable bonds is 9. The normalized spacial score (nSPS) is 12.3. The topological polar surface area (TPSA) is 88.1 Å². The van der Waals surface area contributed by atoms with Crippen LogP contribution in [0.2, 0.25) is 0 Å². The first-order chi connectivity index (χ1) is 7.89. The third kappa shape index (κ3) is 7.49. The minimum atomic E-state index is -4.01. The van der Waals surface area contributed by atoms with Crippen LogP contribution in [-0.2, 0) is 32.4 Å².